The SMILES string of the molecule is CCCCCN(CCO)CC1CC=CCC1. The first-order valence-electron chi connectivity index (χ1n) is 6.85. The molecular weight excluding hydrogens is 198 g/mol. The van der Waals surface area contributed by atoms with E-state index in [9.17, 15) is 0 Å². The molecule has 0 bridgehead atoms. The third-order valence-electron chi connectivity index (χ3n) is 3.39. The minimum absolute atomic E-state index is 0.300. The molecule has 0 spiro atoms. The van der Waals surface area contributed by atoms with Crippen LogP contribution in [-0.2, 0) is 0 Å². The van der Waals surface area contributed by atoms with E-state index in [1.807, 2.05) is 0 Å². The van der Waals surface area contributed by atoms with Gasteiger partial charge in [-0.2, -0.15) is 0 Å². The smallest absolute Gasteiger partial charge is 0.0558 e. The number of hydrogen-bond donors (Lipinski definition) is 1. The van der Waals surface area contributed by atoms with E-state index in [1.165, 1.54) is 45.1 Å². The zero-order valence-electron chi connectivity index (χ0n) is 10.7. The first-order valence-corrected chi connectivity index (χ1v) is 6.85. The van der Waals surface area contributed by atoms with Crippen LogP contribution in [0.3, 0.4) is 0 Å². The molecule has 2 nitrogen and oxygen atoms in total. The second-order valence-corrected chi connectivity index (χ2v) is 4.88. The third-order valence-corrected chi connectivity index (χ3v) is 3.39. The van der Waals surface area contributed by atoms with Crippen LogP contribution in [0.2, 0.25) is 0 Å². The molecule has 1 rings (SSSR count). The first-order chi connectivity index (χ1) is 7.86. The Kier molecular flexibility index (Phi) is 7.52. The maximum atomic E-state index is 9.07. The van der Waals surface area contributed by atoms with Gasteiger partial charge in [0.2, 0.25) is 0 Å². The van der Waals surface area contributed by atoms with Crippen LogP contribution >= 0.6 is 0 Å². The van der Waals surface area contributed by atoms with Crippen LogP contribution in [0.4, 0.5) is 0 Å². The Hall–Kier alpha value is -0.340. The van der Waals surface area contributed by atoms with Crippen molar-refractivity contribution in [2.75, 3.05) is 26.2 Å². The summed E-state index contributed by atoms with van der Waals surface area (Å²) >= 11 is 0. The van der Waals surface area contributed by atoms with Gasteiger partial charge in [-0.1, -0.05) is 31.9 Å². The largest absolute Gasteiger partial charge is 0.395 e. The molecule has 16 heavy (non-hydrogen) atoms. The van der Waals surface area contributed by atoms with Crippen LogP contribution in [-0.4, -0.2) is 36.2 Å². The Morgan fingerprint density at radius 2 is 2.12 bits per heavy atom. The molecule has 1 N–H and O–H groups in total. The molecule has 0 saturated carbocycles. The van der Waals surface area contributed by atoms with Gasteiger partial charge in [0.25, 0.3) is 0 Å². The van der Waals surface area contributed by atoms with Gasteiger partial charge in [-0.05, 0) is 38.1 Å². The van der Waals surface area contributed by atoms with E-state index in [1.54, 1.807) is 0 Å². The predicted molar refractivity (Wildman–Crippen MR) is 69.5 cm³/mol. The van der Waals surface area contributed by atoms with Crippen molar-refractivity contribution in [1.82, 2.24) is 4.90 Å². The summed E-state index contributed by atoms with van der Waals surface area (Å²) in [6, 6.07) is 0. The van der Waals surface area contributed by atoms with E-state index < -0.39 is 0 Å². The van der Waals surface area contributed by atoms with E-state index in [2.05, 4.69) is 24.0 Å². The fourth-order valence-electron chi connectivity index (χ4n) is 2.41. The number of allylic oxidation sites excluding steroid dienone is 2. The molecule has 0 heterocycles. The summed E-state index contributed by atoms with van der Waals surface area (Å²) in [5.41, 5.74) is 0. The fourth-order valence-corrected chi connectivity index (χ4v) is 2.41. The molecule has 2 heteroatoms. The molecule has 0 saturated heterocycles. The van der Waals surface area contributed by atoms with E-state index in [4.69, 9.17) is 5.11 Å². The lowest BCUT2D eigenvalue weighted by Crippen LogP contribution is -2.33. The molecule has 0 radical (unpaired) electrons. The molecule has 0 aromatic rings. The third kappa shape index (κ3) is 5.66. The summed E-state index contributed by atoms with van der Waals surface area (Å²) in [6.45, 7) is 5.73. The monoisotopic (exact) mass is 225 g/mol. The summed E-state index contributed by atoms with van der Waals surface area (Å²) < 4.78 is 0. The van der Waals surface area contributed by atoms with Crippen LogP contribution in [0, 0.1) is 5.92 Å². The molecule has 0 aromatic heterocycles. The first kappa shape index (κ1) is 13.7. The van der Waals surface area contributed by atoms with Crippen LogP contribution in [0.15, 0.2) is 12.2 Å². The van der Waals surface area contributed by atoms with E-state index >= 15 is 0 Å². The van der Waals surface area contributed by atoms with Gasteiger partial charge in [0.15, 0.2) is 0 Å². The van der Waals surface area contributed by atoms with Crippen molar-refractivity contribution in [3.63, 3.8) is 0 Å². The second-order valence-electron chi connectivity index (χ2n) is 4.88. The van der Waals surface area contributed by atoms with Gasteiger partial charge in [-0.3, -0.25) is 0 Å². The predicted octanol–water partition coefficient (Wildman–Crippen LogP) is 2.83. The Balaban J connectivity index is 2.22. The highest BCUT2D eigenvalue weighted by Gasteiger charge is 2.14. The summed E-state index contributed by atoms with van der Waals surface area (Å²) in [4.78, 5) is 2.44. The number of aliphatic hydroxyl groups is 1. The molecule has 1 unspecified atom stereocenters. The van der Waals surface area contributed by atoms with Crippen molar-refractivity contribution in [3.8, 4) is 0 Å². The van der Waals surface area contributed by atoms with Gasteiger partial charge < -0.3 is 10.0 Å². The standard InChI is InChI=1S/C14H27NO/c1-2-3-7-10-15(11-12-16)13-14-8-5-4-6-9-14/h4-5,14,16H,2-3,6-13H2,1H3. The Morgan fingerprint density at radius 1 is 1.25 bits per heavy atom. The molecule has 0 amide bonds. The van der Waals surface area contributed by atoms with E-state index in [0.717, 1.165) is 19.0 Å². The maximum Gasteiger partial charge on any atom is 0.0558 e. The number of hydrogen-bond acceptors (Lipinski definition) is 2. The highest BCUT2D eigenvalue weighted by Crippen LogP contribution is 2.19. The van der Waals surface area contributed by atoms with E-state index in [0.29, 0.717) is 6.61 Å². The lowest BCUT2D eigenvalue weighted by Gasteiger charge is -2.27. The molecular formula is C14H27NO. The summed E-state index contributed by atoms with van der Waals surface area (Å²) in [7, 11) is 0. The highest BCUT2D eigenvalue weighted by molar-refractivity contribution is 4.90. The second kappa shape index (κ2) is 8.77. The Labute approximate surface area is 100 Å². The molecule has 0 aliphatic heterocycles. The summed E-state index contributed by atoms with van der Waals surface area (Å²) in [5, 5.41) is 9.07. The van der Waals surface area contributed by atoms with Gasteiger partial charge in [0, 0.05) is 13.1 Å². The molecule has 1 atom stereocenters. The van der Waals surface area contributed by atoms with Crippen molar-refractivity contribution in [2.24, 2.45) is 5.92 Å². The average Bonchev–Trinajstić information content (AvgIpc) is 2.31. The molecule has 0 fully saturated rings. The van der Waals surface area contributed by atoms with Crippen LogP contribution in [0.25, 0.3) is 0 Å². The Bertz CT molecular complexity index is 191. The van der Waals surface area contributed by atoms with Crippen molar-refractivity contribution in [3.05, 3.63) is 12.2 Å². The molecule has 0 aromatic carbocycles. The van der Waals surface area contributed by atoms with E-state index in [-0.39, 0.29) is 0 Å². The van der Waals surface area contributed by atoms with Gasteiger partial charge in [-0.25, -0.2) is 0 Å². The van der Waals surface area contributed by atoms with Crippen LogP contribution in [0.5, 0.6) is 0 Å². The molecule has 94 valence electrons. The lowest BCUT2D eigenvalue weighted by atomic mass is 9.94. The van der Waals surface area contributed by atoms with Crippen molar-refractivity contribution in [2.45, 2.75) is 45.4 Å². The molecule has 1 aliphatic rings. The normalized spacial score (nSPS) is 20.6. The highest BCUT2D eigenvalue weighted by atomic mass is 16.3. The minimum Gasteiger partial charge on any atom is -0.395 e. The van der Waals surface area contributed by atoms with Crippen molar-refractivity contribution < 1.29 is 5.11 Å². The number of rotatable bonds is 8. The minimum atomic E-state index is 0.300. The average molecular weight is 225 g/mol. The summed E-state index contributed by atoms with van der Waals surface area (Å²) in [6.07, 6.45) is 12.3. The fraction of sp³-hybridized carbons (Fsp3) is 0.857. The Morgan fingerprint density at radius 3 is 2.75 bits per heavy atom. The number of unbranched alkanes of at least 4 members (excludes halogenated alkanes) is 2. The topological polar surface area (TPSA) is 23.5 Å². The van der Waals surface area contributed by atoms with Crippen LogP contribution < -0.4 is 0 Å². The lowest BCUT2D eigenvalue weighted by molar-refractivity contribution is 0.169. The number of aliphatic hydroxyl groups excluding tert-OH is 1. The maximum absolute atomic E-state index is 9.07. The summed E-state index contributed by atoms with van der Waals surface area (Å²) in [5.74, 6) is 0.818. The quantitative estimate of drug-likeness (QED) is 0.507. The zero-order valence-corrected chi connectivity index (χ0v) is 10.7. The van der Waals surface area contributed by atoms with Gasteiger partial charge in [0.1, 0.15) is 0 Å². The van der Waals surface area contributed by atoms with Crippen molar-refractivity contribution in [1.29, 1.82) is 0 Å². The van der Waals surface area contributed by atoms with Gasteiger partial charge >= 0.3 is 0 Å². The van der Waals surface area contributed by atoms with Gasteiger partial charge in [0.05, 0.1) is 6.61 Å². The molecule has 1 aliphatic carbocycles. The van der Waals surface area contributed by atoms with Gasteiger partial charge in [-0.15, -0.1) is 0 Å². The number of nitrogens with zero attached hydrogens (tertiary/aromatic N) is 1. The van der Waals surface area contributed by atoms with Crippen LogP contribution in [0.1, 0.15) is 45.4 Å². The zero-order chi connectivity index (χ0) is 11.6. The van der Waals surface area contributed by atoms with Crippen molar-refractivity contribution >= 4 is 0 Å².